The predicted molar refractivity (Wildman–Crippen MR) is 31.1 cm³/mol. The van der Waals surface area contributed by atoms with Crippen molar-refractivity contribution < 1.29 is 9.84 Å². The van der Waals surface area contributed by atoms with Gasteiger partial charge in [0.05, 0.1) is 18.1 Å². The lowest BCUT2D eigenvalue weighted by atomic mass is 10.2. The number of halogens is 1. The van der Waals surface area contributed by atoms with E-state index in [4.69, 9.17) is 21.4 Å². The summed E-state index contributed by atoms with van der Waals surface area (Å²) in [6, 6.07) is 0. The highest BCUT2D eigenvalue weighted by Crippen LogP contribution is 2.12. The minimum absolute atomic E-state index is 0.0938. The van der Waals surface area contributed by atoms with Crippen LogP contribution in [0.1, 0.15) is 6.42 Å². The first-order chi connectivity index (χ1) is 3.80. The van der Waals surface area contributed by atoms with E-state index in [0.717, 1.165) is 6.42 Å². The summed E-state index contributed by atoms with van der Waals surface area (Å²) < 4.78 is 4.92. The molecule has 1 fully saturated rings. The molecule has 48 valence electrons. The third kappa shape index (κ3) is 1.34. The van der Waals surface area contributed by atoms with E-state index in [9.17, 15) is 0 Å². The molecule has 0 aromatic rings. The van der Waals surface area contributed by atoms with Crippen molar-refractivity contribution in [3.8, 4) is 0 Å². The van der Waals surface area contributed by atoms with Crippen molar-refractivity contribution in [2.24, 2.45) is 0 Å². The molecule has 0 aromatic heterocycles. The molecule has 2 nitrogen and oxygen atoms in total. The van der Waals surface area contributed by atoms with Gasteiger partial charge in [0.25, 0.3) is 0 Å². The second-order valence-corrected chi connectivity index (χ2v) is 2.51. The van der Waals surface area contributed by atoms with Crippen LogP contribution in [0.25, 0.3) is 0 Å². The first kappa shape index (κ1) is 6.33. The highest BCUT2D eigenvalue weighted by Gasteiger charge is 2.20. The second kappa shape index (κ2) is 2.67. The minimum atomic E-state index is -0.453. The Morgan fingerprint density at radius 3 is 2.75 bits per heavy atom. The number of alkyl halides is 1. The average molecular weight is 137 g/mol. The fourth-order valence-corrected chi connectivity index (χ4v) is 0.859. The summed E-state index contributed by atoms with van der Waals surface area (Å²) in [6.45, 7) is 1.08. The van der Waals surface area contributed by atoms with Crippen LogP contribution in [-0.4, -0.2) is 29.8 Å². The van der Waals surface area contributed by atoms with Gasteiger partial charge in [-0.25, -0.2) is 0 Å². The molecule has 0 aliphatic carbocycles. The lowest BCUT2D eigenvalue weighted by Gasteiger charge is -2.21. The van der Waals surface area contributed by atoms with Gasteiger partial charge in [-0.2, -0.15) is 0 Å². The molecule has 2 unspecified atom stereocenters. The fraction of sp³-hybridized carbons (Fsp3) is 1.00. The summed E-state index contributed by atoms with van der Waals surface area (Å²) in [4.78, 5) is 0. The summed E-state index contributed by atoms with van der Waals surface area (Å²) in [6.07, 6.45) is 0.313. The zero-order chi connectivity index (χ0) is 5.98. The topological polar surface area (TPSA) is 29.5 Å². The summed E-state index contributed by atoms with van der Waals surface area (Å²) in [5.74, 6) is 0. The number of aliphatic hydroxyl groups is 1. The lowest BCUT2D eigenvalue weighted by Crippen LogP contribution is -2.32. The molecule has 1 N–H and O–H groups in total. The first-order valence-corrected chi connectivity index (χ1v) is 3.14. The molecule has 2 atom stereocenters. The van der Waals surface area contributed by atoms with Gasteiger partial charge in [-0.3, -0.25) is 0 Å². The number of rotatable bonds is 0. The van der Waals surface area contributed by atoms with E-state index in [-0.39, 0.29) is 5.38 Å². The van der Waals surface area contributed by atoms with Crippen molar-refractivity contribution in [3.05, 3.63) is 0 Å². The third-order valence-corrected chi connectivity index (χ3v) is 1.75. The molecule has 3 heteroatoms. The number of hydrogen-bond acceptors (Lipinski definition) is 2. The van der Waals surface area contributed by atoms with Crippen LogP contribution in [0.2, 0.25) is 0 Å². The summed E-state index contributed by atoms with van der Waals surface area (Å²) in [5, 5.41) is 8.83. The van der Waals surface area contributed by atoms with Crippen LogP contribution in [0.3, 0.4) is 0 Å². The molecule has 0 aromatic carbocycles. The lowest BCUT2D eigenvalue weighted by molar-refractivity contribution is -0.00228. The Hall–Kier alpha value is 0.210. The highest BCUT2D eigenvalue weighted by atomic mass is 35.5. The van der Waals surface area contributed by atoms with E-state index in [1.807, 2.05) is 0 Å². The molecule has 1 heterocycles. The van der Waals surface area contributed by atoms with Crippen molar-refractivity contribution in [2.45, 2.75) is 17.9 Å². The Labute approximate surface area is 53.4 Å². The zero-order valence-corrected chi connectivity index (χ0v) is 5.27. The maximum Gasteiger partial charge on any atom is 0.0937 e. The highest BCUT2D eigenvalue weighted by molar-refractivity contribution is 6.21. The second-order valence-electron chi connectivity index (χ2n) is 1.95. The van der Waals surface area contributed by atoms with E-state index in [0.29, 0.717) is 13.2 Å². The number of hydrogen-bond donors (Lipinski definition) is 1. The van der Waals surface area contributed by atoms with Crippen LogP contribution in [0.5, 0.6) is 0 Å². The van der Waals surface area contributed by atoms with Crippen molar-refractivity contribution in [1.29, 1.82) is 0 Å². The van der Waals surface area contributed by atoms with Crippen LogP contribution < -0.4 is 0 Å². The summed E-state index contributed by atoms with van der Waals surface area (Å²) in [7, 11) is 0. The van der Waals surface area contributed by atoms with Gasteiger partial charge in [0, 0.05) is 6.61 Å². The minimum Gasteiger partial charge on any atom is -0.389 e. The average Bonchev–Trinajstić information content (AvgIpc) is 1.77. The Bertz CT molecular complexity index is 66.8. The Morgan fingerprint density at radius 1 is 1.62 bits per heavy atom. The Balaban J connectivity index is 2.28. The van der Waals surface area contributed by atoms with Gasteiger partial charge in [-0.1, -0.05) is 0 Å². The van der Waals surface area contributed by atoms with Gasteiger partial charge in [-0.15, -0.1) is 11.6 Å². The Kier molecular flexibility index (Phi) is 2.11. The van der Waals surface area contributed by atoms with Gasteiger partial charge in [0.2, 0.25) is 0 Å². The van der Waals surface area contributed by atoms with Gasteiger partial charge in [0.15, 0.2) is 0 Å². The molecule has 1 rings (SSSR count). The van der Waals surface area contributed by atoms with E-state index in [1.165, 1.54) is 0 Å². The van der Waals surface area contributed by atoms with Gasteiger partial charge < -0.3 is 9.84 Å². The standard InChI is InChI=1S/C5H9ClO2/c6-4-1-2-8-3-5(4)7/h4-5,7H,1-3H2. The molecular weight excluding hydrogens is 128 g/mol. The van der Waals surface area contributed by atoms with Crippen molar-refractivity contribution in [1.82, 2.24) is 0 Å². The van der Waals surface area contributed by atoms with Crippen LogP contribution in [0.4, 0.5) is 0 Å². The molecule has 0 radical (unpaired) electrons. The van der Waals surface area contributed by atoms with E-state index in [1.54, 1.807) is 0 Å². The first-order valence-electron chi connectivity index (χ1n) is 2.70. The van der Waals surface area contributed by atoms with Crippen molar-refractivity contribution >= 4 is 11.6 Å². The summed E-state index contributed by atoms with van der Waals surface area (Å²) in [5.41, 5.74) is 0. The van der Waals surface area contributed by atoms with Gasteiger partial charge in [-0.05, 0) is 6.42 Å². The predicted octanol–water partition coefficient (Wildman–Crippen LogP) is 0.375. The molecule has 1 aliphatic heterocycles. The molecule has 0 spiro atoms. The largest absolute Gasteiger partial charge is 0.389 e. The van der Waals surface area contributed by atoms with E-state index >= 15 is 0 Å². The van der Waals surface area contributed by atoms with E-state index < -0.39 is 6.10 Å². The summed E-state index contributed by atoms with van der Waals surface area (Å²) >= 11 is 5.64. The maximum atomic E-state index is 8.92. The Morgan fingerprint density at radius 2 is 2.38 bits per heavy atom. The molecular formula is C5H9ClO2. The molecule has 0 amide bonds. The van der Waals surface area contributed by atoms with E-state index in [2.05, 4.69) is 0 Å². The third-order valence-electron chi connectivity index (χ3n) is 1.24. The molecule has 1 aliphatic rings. The van der Waals surface area contributed by atoms with Crippen LogP contribution in [0, 0.1) is 0 Å². The SMILES string of the molecule is OC1COCCC1Cl. The van der Waals surface area contributed by atoms with Gasteiger partial charge >= 0.3 is 0 Å². The van der Waals surface area contributed by atoms with Crippen LogP contribution in [-0.2, 0) is 4.74 Å². The number of ether oxygens (including phenoxy) is 1. The van der Waals surface area contributed by atoms with Gasteiger partial charge in [0.1, 0.15) is 0 Å². The normalized spacial score (nSPS) is 39.8. The van der Waals surface area contributed by atoms with Crippen LogP contribution in [0.15, 0.2) is 0 Å². The van der Waals surface area contributed by atoms with Crippen molar-refractivity contribution in [2.75, 3.05) is 13.2 Å². The number of aliphatic hydroxyl groups excluding tert-OH is 1. The molecule has 8 heavy (non-hydrogen) atoms. The zero-order valence-electron chi connectivity index (χ0n) is 4.51. The monoisotopic (exact) mass is 136 g/mol. The quantitative estimate of drug-likeness (QED) is 0.488. The fourth-order valence-electron chi connectivity index (χ4n) is 0.697. The molecule has 1 saturated heterocycles. The van der Waals surface area contributed by atoms with Crippen LogP contribution >= 0.6 is 11.6 Å². The maximum absolute atomic E-state index is 8.92. The van der Waals surface area contributed by atoms with Crippen molar-refractivity contribution in [3.63, 3.8) is 0 Å². The molecule has 0 saturated carbocycles. The smallest absolute Gasteiger partial charge is 0.0937 e. The molecule has 0 bridgehead atoms.